The maximum absolute atomic E-state index is 5.97. The van der Waals surface area contributed by atoms with Crippen molar-refractivity contribution in [2.75, 3.05) is 32.1 Å². The summed E-state index contributed by atoms with van der Waals surface area (Å²) in [7, 11) is 4.19. The normalized spacial score (nSPS) is 20.6. The lowest BCUT2D eigenvalue weighted by molar-refractivity contribution is -0.671. The molecule has 2 atom stereocenters. The Morgan fingerprint density at radius 2 is 1.81 bits per heavy atom. The number of hydrogen-bond acceptors (Lipinski definition) is 2. The Bertz CT molecular complexity index is 536. The van der Waals surface area contributed by atoms with Crippen LogP contribution in [-0.4, -0.2) is 32.8 Å². The summed E-state index contributed by atoms with van der Waals surface area (Å²) in [5, 5.41) is 2.50. The third-order valence-corrected chi connectivity index (χ3v) is 6.09. The van der Waals surface area contributed by atoms with Crippen LogP contribution >= 0.6 is 0 Å². The molecule has 1 saturated heterocycles. The molecule has 1 aliphatic rings. The van der Waals surface area contributed by atoms with E-state index in [1.165, 1.54) is 49.9 Å². The second kappa shape index (κ2) is 10.5. The van der Waals surface area contributed by atoms with Gasteiger partial charge in [0.1, 0.15) is 6.54 Å². The summed E-state index contributed by atoms with van der Waals surface area (Å²) < 4.78 is 5.97. The van der Waals surface area contributed by atoms with Crippen molar-refractivity contribution >= 4 is 5.69 Å². The quantitative estimate of drug-likeness (QED) is 0.612. The maximum Gasteiger partial charge on any atom is 0.101 e. The third-order valence-electron chi connectivity index (χ3n) is 6.09. The van der Waals surface area contributed by atoms with Crippen LogP contribution in [0.3, 0.4) is 0 Å². The minimum atomic E-state index is 0.0664. The number of nitrogens with two attached hydrogens (primary N) is 1. The van der Waals surface area contributed by atoms with Crippen LogP contribution in [0, 0.1) is 17.8 Å². The molecule has 2 rings (SSSR count). The summed E-state index contributed by atoms with van der Waals surface area (Å²) >= 11 is 0. The number of rotatable bonds is 10. The molecule has 0 aromatic heterocycles. The molecule has 0 aliphatic carbocycles. The molecular formula is C24H43N2O+. The van der Waals surface area contributed by atoms with Crippen LogP contribution in [0.4, 0.5) is 5.69 Å². The Balaban J connectivity index is 1.82. The first-order chi connectivity index (χ1) is 12.8. The lowest BCUT2D eigenvalue weighted by Gasteiger charge is -2.39. The van der Waals surface area contributed by atoms with Crippen LogP contribution in [0.15, 0.2) is 24.3 Å². The van der Waals surface area contributed by atoms with Crippen molar-refractivity contribution in [1.82, 2.24) is 0 Å². The fraction of sp³-hybridized carbons (Fsp3) is 0.750. The lowest BCUT2D eigenvalue weighted by atomic mass is 9.75. The Hall–Kier alpha value is -1.06. The van der Waals surface area contributed by atoms with Crippen LogP contribution in [-0.2, 0) is 11.3 Å². The molecule has 0 bridgehead atoms. The standard InChI is InChI=1S/C24H42N2O/c1-19(2)7-10-21(22-14-16-27-24(3,4)17-22)13-15-25-18-20-8-11-23(12-9-20)26(5)6/h8-9,11-12,19,21-22,25H,7,10,13-18H2,1-6H3/p+1/t21-,22+/m1/s1. The van der Waals surface area contributed by atoms with E-state index in [0.717, 1.165) is 30.9 Å². The topological polar surface area (TPSA) is 29.1 Å². The largest absolute Gasteiger partial charge is 0.378 e. The van der Waals surface area contributed by atoms with Gasteiger partial charge >= 0.3 is 0 Å². The van der Waals surface area contributed by atoms with Gasteiger partial charge in [-0.25, -0.2) is 0 Å². The molecule has 0 spiro atoms. The summed E-state index contributed by atoms with van der Waals surface area (Å²) in [6.07, 6.45) is 6.54. The van der Waals surface area contributed by atoms with Crippen LogP contribution in [0.2, 0.25) is 0 Å². The molecule has 0 unspecified atom stereocenters. The second-order valence-corrected chi connectivity index (χ2v) is 9.72. The van der Waals surface area contributed by atoms with Gasteiger partial charge in [-0.05, 0) is 69.4 Å². The minimum absolute atomic E-state index is 0.0664. The van der Waals surface area contributed by atoms with Gasteiger partial charge in [0.15, 0.2) is 0 Å². The van der Waals surface area contributed by atoms with Crippen molar-refractivity contribution in [3.05, 3.63) is 29.8 Å². The molecule has 3 nitrogen and oxygen atoms in total. The van der Waals surface area contributed by atoms with Gasteiger partial charge in [-0.1, -0.05) is 32.4 Å². The molecule has 1 aromatic rings. The second-order valence-electron chi connectivity index (χ2n) is 9.72. The number of anilines is 1. The van der Waals surface area contributed by atoms with Crippen molar-refractivity contribution in [1.29, 1.82) is 0 Å². The molecular weight excluding hydrogens is 332 g/mol. The summed E-state index contributed by atoms with van der Waals surface area (Å²) in [4.78, 5) is 2.15. The monoisotopic (exact) mass is 375 g/mol. The van der Waals surface area contributed by atoms with E-state index in [4.69, 9.17) is 4.74 Å². The number of nitrogens with zero attached hydrogens (tertiary/aromatic N) is 1. The van der Waals surface area contributed by atoms with Gasteiger partial charge in [0.2, 0.25) is 0 Å². The number of hydrogen-bond donors (Lipinski definition) is 1. The summed E-state index contributed by atoms with van der Waals surface area (Å²) in [5.41, 5.74) is 2.76. The zero-order valence-electron chi connectivity index (χ0n) is 18.6. The van der Waals surface area contributed by atoms with Crippen molar-refractivity contribution < 1.29 is 10.1 Å². The van der Waals surface area contributed by atoms with Crippen LogP contribution in [0.1, 0.15) is 65.4 Å². The van der Waals surface area contributed by atoms with E-state index in [9.17, 15) is 0 Å². The molecule has 0 radical (unpaired) electrons. The van der Waals surface area contributed by atoms with E-state index in [0.29, 0.717) is 0 Å². The van der Waals surface area contributed by atoms with Crippen LogP contribution in [0.5, 0.6) is 0 Å². The van der Waals surface area contributed by atoms with E-state index in [2.05, 4.69) is 76.3 Å². The van der Waals surface area contributed by atoms with Gasteiger partial charge in [0, 0.05) is 32.0 Å². The molecule has 2 N–H and O–H groups in total. The molecule has 1 fully saturated rings. The summed E-state index contributed by atoms with van der Waals surface area (Å²) in [6.45, 7) is 12.5. The molecule has 1 aliphatic heterocycles. The van der Waals surface area contributed by atoms with E-state index < -0.39 is 0 Å². The summed E-state index contributed by atoms with van der Waals surface area (Å²) in [5.74, 6) is 2.49. The lowest BCUT2D eigenvalue weighted by Crippen LogP contribution is -2.82. The average molecular weight is 376 g/mol. The summed E-state index contributed by atoms with van der Waals surface area (Å²) in [6, 6.07) is 8.98. The Morgan fingerprint density at radius 3 is 2.41 bits per heavy atom. The minimum Gasteiger partial charge on any atom is -0.378 e. The first kappa shape index (κ1) is 22.2. The smallest absolute Gasteiger partial charge is 0.101 e. The molecule has 154 valence electrons. The fourth-order valence-corrected chi connectivity index (χ4v) is 4.38. The van der Waals surface area contributed by atoms with Crippen LogP contribution in [0.25, 0.3) is 0 Å². The molecule has 0 saturated carbocycles. The highest BCUT2D eigenvalue weighted by Gasteiger charge is 2.33. The van der Waals surface area contributed by atoms with Gasteiger partial charge in [-0.15, -0.1) is 0 Å². The van der Waals surface area contributed by atoms with Crippen molar-refractivity contribution in [2.24, 2.45) is 17.8 Å². The third kappa shape index (κ3) is 7.83. The molecule has 27 heavy (non-hydrogen) atoms. The number of quaternary nitrogens is 1. The Morgan fingerprint density at radius 1 is 1.11 bits per heavy atom. The average Bonchev–Trinajstić information content (AvgIpc) is 2.60. The maximum atomic E-state index is 5.97. The highest BCUT2D eigenvalue weighted by atomic mass is 16.5. The number of ether oxygens (including phenoxy) is 1. The molecule has 0 amide bonds. The van der Waals surface area contributed by atoms with Gasteiger partial charge in [-0.2, -0.15) is 0 Å². The Labute approximate surface area is 167 Å². The Kier molecular flexibility index (Phi) is 8.62. The zero-order valence-corrected chi connectivity index (χ0v) is 18.6. The van der Waals surface area contributed by atoms with E-state index in [1.54, 1.807) is 0 Å². The highest BCUT2D eigenvalue weighted by Crippen LogP contribution is 2.37. The van der Waals surface area contributed by atoms with Gasteiger partial charge in [-0.3, -0.25) is 0 Å². The first-order valence-corrected chi connectivity index (χ1v) is 11.0. The van der Waals surface area contributed by atoms with E-state index in [1.807, 2.05) is 0 Å². The van der Waals surface area contributed by atoms with Crippen molar-refractivity contribution in [2.45, 2.75) is 71.9 Å². The predicted molar refractivity (Wildman–Crippen MR) is 116 cm³/mol. The van der Waals surface area contributed by atoms with Crippen molar-refractivity contribution in [3.8, 4) is 0 Å². The molecule has 3 heteroatoms. The predicted octanol–water partition coefficient (Wildman–Crippen LogP) is 4.46. The highest BCUT2D eigenvalue weighted by molar-refractivity contribution is 5.45. The zero-order chi connectivity index (χ0) is 19.9. The van der Waals surface area contributed by atoms with Crippen LogP contribution < -0.4 is 10.2 Å². The van der Waals surface area contributed by atoms with Gasteiger partial charge in [0.25, 0.3) is 0 Å². The van der Waals surface area contributed by atoms with Crippen molar-refractivity contribution in [3.63, 3.8) is 0 Å². The van der Waals surface area contributed by atoms with E-state index in [-0.39, 0.29) is 5.60 Å². The fourth-order valence-electron chi connectivity index (χ4n) is 4.38. The molecule has 1 heterocycles. The van der Waals surface area contributed by atoms with E-state index >= 15 is 0 Å². The SMILES string of the molecule is CC(C)CC[C@H](CC[NH2+]Cc1ccc(N(C)C)cc1)[C@H]1CCOC(C)(C)C1. The van der Waals surface area contributed by atoms with Gasteiger partial charge in [0.05, 0.1) is 12.1 Å². The van der Waals surface area contributed by atoms with Gasteiger partial charge < -0.3 is 15.0 Å². The first-order valence-electron chi connectivity index (χ1n) is 11.0. The molecule has 1 aromatic carbocycles. The number of benzene rings is 1.